The fraction of sp³-hybridized carbons (Fsp3) is 0.276. The molecule has 0 aliphatic heterocycles. The third-order valence-electron chi connectivity index (χ3n) is 6.32. The van der Waals surface area contributed by atoms with Gasteiger partial charge in [0.25, 0.3) is 5.56 Å². The summed E-state index contributed by atoms with van der Waals surface area (Å²) >= 11 is 0. The molecule has 1 aromatic heterocycles. The molecule has 2 amide bonds. The van der Waals surface area contributed by atoms with Gasteiger partial charge >= 0.3 is 6.03 Å². The van der Waals surface area contributed by atoms with Gasteiger partial charge in [0, 0.05) is 19.3 Å². The number of amides is 2. The Labute approximate surface area is 211 Å². The van der Waals surface area contributed by atoms with E-state index in [4.69, 9.17) is 9.72 Å². The average molecular weight is 485 g/mol. The van der Waals surface area contributed by atoms with E-state index in [1.165, 1.54) is 0 Å². The Morgan fingerprint density at radius 1 is 1.08 bits per heavy atom. The number of urea groups is 1. The van der Waals surface area contributed by atoms with E-state index in [-0.39, 0.29) is 11.6 Å². The zero-order valence-corrected chi connectivity index (χ0v) is 21.2. The van der Waals surface area contributed by atoms with Crippen molar-refractivity contribution in [3.63, 3.8) is 0 Å². The molecular formula is C29H32N4O3. The number of aryl methyl sites for hydroxylation is 2. The zero-order chi connectivity index (χ0) is 25.7. The summed E-state index contributed by atoms with van der Waals surface area (Å²) in [5.41, 5.74) is 3.99. The zero-order valence-electron chi connectivity index (χ0n) is 21.2. The van der Waals surface area contributed by atoms with Gasteiger partial charge in [0.2, 0.25) is 0 Å². The first-order valence-corrected chi connectivity index (χ1v) is 12.2. The number of rotatable bonds is 8. The lowest BCUT2D eigenvalue weighted by molar-refractivity contribution is 0.137. The molecule has 0 radical (unpaired) electrons. The first-order valence-electron chi connectivity index (χ1n) is 12.2. The van der Waals surface area contributed by atoms with E-state index in [2.05, 4.69) is 12.2 Å². The number of carbonyl (C=O) groups excluding carboxylic acids is 1. The number of para-hydroxylation sites is 2. The fourth-order valence-corrected chi connectivity index (χ4v) is 4.41. The lowest BCUT2D eigenvalue weighted by atomic mass is 10.1. The molecule has 0 spiro atoms. The Balaban J connectivity index is 1.86. The molecule has 0 aliphatic carbocycles. The molecule has 1 N–H and O–H groups in total. The number of fused-ring (bicyclic) bond motifs is 1. The first kappa shape index (κ1) is 25.1. The Hall–Kier alpha value is -3.97. The lowest BCUT2D eigenvalue weighted by Gasteiger charge is -2.31. The molecule has 0 aliphatic rings. The van der Waals surface area contributed by atoms with Crippen molar-refractivity contribution < 1.29 is 9.53 Å². The summed E-state index contributed by atoms with van der Waals surface area (Å²) in [6.07, 6.45) is 0.754. The minimum absolute atomic E-state index is 0.158. The molecule has 1 unspecified atom stereocenters. The molecule has 0 bridgehead atoms. The molecule has 0 saturated heterocycles. The number of benzene rings is 3. The number of nitrogens with zero attached hydrogens (tertiary/aromatic N) is 3. The van der Waals surface area contributed by atoms with Crippen molar-refractivity contribution in [3.8, 4) is 5.69 Å². The first-order chi connectivity index (χ1) is 17.4. The Kier molecular flexibility index (Phi) is 7.80. The third-order valence-corrected chi connectivity index (χ3v) is 6.32. The van der Waals surface area contributed by atoms with Gasteiger partial charge in [-0.3, -0.25) is 9.36 Å². The Morgan fingerprint density at radius 2 is 1.83 bits per heavy atom. The summed E-state index contributed by atoms with van der Waals surface area (Å²) in [5.74, 6) is 0.495. The number of hydrogen-bond acceptors (Lipinski definition) is 4. The molecular weight excluding hydrogens is 452 g/mol. The number of anilines is 1. The SMILES string of the molecule is CCc1ccccc1-n1c(C(C)N(CCOC)C(=O)Nc2cccc(C)c2)nc2ccccc2c1=O. The van der Waals surface area contributed by atoms with Crippen molar-refractivity contribution in [3.05, 3.63) is 100 Å². The van der Waals surface area contributed by atoms with E-state index in [0.717, 1.165) is 23.2 Å². The molecule has 0 saturated carbocycles. The number of ether oxygens (including phenoxy) is 1. The van der Waals surface area contributed by atoms with Crippen LogP contribution in [0.4, 0.5) is 10.5 Å². The summed E-state index contributed by atoms with van der Waals surface area (Å²) in [7, 11) is 1.60. The van der Waals surface area contributed by atoms with Gasteiger partial charge in [-0.15, -0.1) is 0 Å². The topological polar surface area (TPSA) is 76.5 Å². The van der Waals surface area contributed by atoms with E-state index in [0.29, 0.717) is 35.6 Å². The van der Waals surface area contributed by atoms with Crippen LogP contribution in [0.3, 0.4) is 0 Å². The van der Waals surface area contributed by atoms with Gasteiger partial charge in [0.15, 0.2) is 0 Å². The van der Waals surface area contributed by atoms with Crippen molar-refractivity contribution in [2.24, 2.45) is 0 Å². The second kappa shape index (κ2) is 11.2. The molecule has 1 atom stereocenters. The van der Waals surface area contributed by atoms with E-state index < -0.39 is 6.04 Å². The predicted octanol–water partition coefficient (Wildman–Crippen LogP) is 5.50. The van der Waals surface area contributed by atoms with Crippen molar-refractivity contribution in [2.45, 2.75) is 33.2 Å². The highest BCUT2D eigenvalue weighted by molar-refractivity contribution is 5.89. The second-order valence-electron chi connectivity index (χ2n) is 8.77. The molecule has 4 rings (SSSR count). The van der Waals surface area contributed by atoms with Crippen molar-refractivity contribution >= 4 is 22.6 Å². The molecule has 0 fully saturated rings. The maximum atomic E-state index is 13.8. The number of carbonyl (C=O) groups is 1. The molecule has 4 aromatic rings. The van der Waals surface area contributed by atoms with Crippen LogP contribution in [0.2, 0.25) is 0 Å². The lowest BCUT2D eigenvalue weighted by Crippen LogP contribution is -2.41. The normalized spacial score (nSPS) is 11.9. The standard InChI is InChI=1S/C29H32N4O3/c1-5-22-12-6-9-16-26(22)33-27(31-25-15-8-7-14-24(25)28(33)34)21(3)32(17-18-36-4)29(35)30-23-13-10-11-20(2)19-23/h6-16,19,21H,5,17-18H2,1-4H3,(H,30,35). The largest absolute Gasteiger partial charge is 0.383 e. The molecule has 7 nitrogen and oxygen atoms in total. The van der Waals surface area contributed by atoms with Crippen LogP contribution in [0.15, 0.2) is 77.6 Å². The van der Waals surface area contributed by atoms with Crippen LogP contribution in [0.1, 0.15) is 36.8 Å². The van der Waals surface area contributed by atoms with Gasteiger partial charge < -0.3 is 15.0 Å². The Bertz CT molecular complexity index is 1430. The molecule has 1 heterocycles. The van der Waals surface area contributed by atoms with Gasteiger partial charge in [0.1, 0.15) is 5.82 Å². The van der Waals surface area contributed by atoms with Gasteiger partial charge in [-0.2, -0.15) is 0 Å². The second-order valence-corrected chi connectivity index (χ2v) is 8.77. The molecule has 3 aromatic carbocycles. The van der Waals surface area contributed by atoms with Crippen LogP contribution in [-0.2, 0) is 11.2 Å². The number of methoxy groups -OCH3 is 1. The summed E-state index contributed by atoms with van der Waals surface area (Å²) in [6.45, 7) is 6.60. The van der Waals surface area contributed by atoms with Crippen molar-refractivity contribution in [1.29, 1.82) is 0 Å². The minimum Gasteiger partial charge on any atom is -0.383 e. The summed E-state index contributed by atoms with van der Waals surface area (Å²) in [6, 6.07) is 22.0. The summed E-state index contributed by atoms with van der Waals surface area (Å²) < 4.78 is 6.97. The van der Waals surface area contributed by atoms with E-state index in [1.807, 2.05) is 80.6 Å². The van der Waals surface area contributed by atoms with Crippen LogP contribution in [0.25, 0.3) is 16.6 Å². The van der Waals surface area contributed by atoms with Gasteiger partial charge in [-0.05, 0) is 61.7 Å². The van der Waals surface area contributed by atoms with Crippen LogP contribution in [0.5, 0.6) is 0 Å². The fourth-order valence-electron chi connectivity index (χ4n) is 4.41. The number of aromatic nitrogens is 2. The average Bonchev–Trinajstić information content (AvgIpc) is 2.88. The highest BCUT2D eigenvalue weighted by Gasteiger charge is 2.27. The van der Waals surface area contributed by atoms with Crippen molar-refractivity contribution in [1.82, 2.24) is 14.5 Å². The van der Waals surface area contributed by atoms with E-state index >= 15 is 0 Å². The maximum absolute atomic E-state index is 13.8. The van der Waals surface area contributed by atoms with E-state index in [1.54, 1.807) is 22.6 Å². The molecule has 36 heavy (non-hydrogen) atoms. The van der Waals surface area contributed by atoms with Gasteiger partial charge in [-0.25, -0.2) is 9.78 Å². The van der Waals surface area contributed by atoms with Crippen LogP contribution < -0.4 is 10.9 Å². The van der Waals surface area contributed by atoms with Crippen molar-refractivity contribution in [2.75, 3.05) is 25.6 Å². The summed E-state index contributed by atoms with van der Waals surface area (Å²) in [4.78, 5) is 33.9. The summed E-state index contributed by atoms with van der Waals surface area (Å²) in [5, 5.41) is 3.53. The van der Waals surface area contributed by atoms with Crippen LogP contribution >= 0.6 is 0 Å². The predicted molar refractivity (Wildman–Crippen MR) is 144 cm³/mol. The highest BCUT2D eigenvalue weighted by atomic mass is 16.5. The molecule has 7 heteroatoms. The quantitative estimate of drug-likeness (QED) is 0.358. The Morgan fingerprint density at radius 3 is 2.58 bits per heavy atom. The number of hydrogen-bond donors (Lipinski definition) is 1. The molecule has 186 valence electrons. The highest BCUT2D eigenvalue weighted by Crippen LogP contribution is 2.25. The van der Waals surface area contributed by atoms with E-state index in [9.17, 15) is 9.59 Å². The maximum Gasteiger partial charge on any atom is 0.322 e. The van der Waals surface area contributed by atoms with Crippen LogP contribution in [-0.4, -0.2) is 40.7 Å². The third kappa shape index (κ3) is 5.16. The smallest absolute Gasteiger partial charge is 0.322 e. The number of nitrogens with one attached hydrogen (secondary N) is 1. The van der Waals surface area contributed by atoms with Gasteiger partial charge in [-0.1, -0.05) is 49.4 Å². The minimum atomic E-state index is -0.521. The van der Waals surface area contributed by atoms with Gasteiger partial charge in [0.05, 0.1) is 29.2 Å². The monoisotopic (exact) mass is 484 g/mol. The van der Waals surface area contributed by atoms with Crippen LogP contribution in [0, 0.1) is 6.92 Å².